The number of thiophene rings is 1. The highest BCUT2D eigenvalue weighted by Gasteiger charge is 2.15. The molecule has 5 heteroatoms. The summed E-state index contributed by atoms with van der Waals surface area (Å²) >= 11 is 5.19. The molecule has 18 heavy (non-hydrogen) atoms. The van der Waals surface area contributed by atoms with Crippen LogP contribution in [-0.2, 0) is 12.8 Å². The fourth-order valence-electron chi connectivity index (χ4n) is 1.98. The second kappa shape index (κ2) is 6.43. The third-order valence-electron chi connectivity index (χ3n) is 2.88. The molecule has 0 saturated carbocycles. The SMILES string of the molecule is CCc1ccsc1C(Cc1cncc(Br)c1)NN. The van der Waals surface area contributed by atoms with Crippen LogP contribution in [0.2, 0.25) is 0 Å². The lowest BCUT2D eigenvalue weighted by Crippen LogP contribution is -2.29. The lowest BCUT2D eigenvalue weighted by Gasteiger charge is -2.16. The molecule has 3 N–H and O–H groups in total. The van der Waals surface area contributed by atoms with Gasteiger partial charge in [-0.05, 0) is 57.4 Å². The molecule has 1 unspecified atom stereocenters. The molecule has 0 fully saturated rings. The van der Waals surface area contributed by atoms with E-state index in [1.807, 2.05) is 6.20 Å². The van der Waals surface area contributed by atoms with Gasteiger partial charge in [0.15, 0.2) is 0 Å². The molecule has 0 saturated heterocycles. The molecule has 0 aromatic carbocycles. The van der Waals surface area contributed by atoms with Crippen molar-refractivity contribution in [3.63, 3.8) is 0 Å². The summed E-state index contributed by atoms with van der Waals surface area (Å²) in [5.41, 5.74) is 5.45. The summed E-state index contributed by atoms with van der Waals surface area (Å²) in [6, 6.07) is 4.40. The minimum atomic E-state index is 0.149. The van der Waals surface area contributed by atoms with Gasteiger partial charge in [-0.25, -0.2) is 0 Å². The van der Waals surface area contributed by atoms with Crippen molar-refractivity contribution in [2.24, 2.45) is 5.84 Å². The average Bonchev–Trinajstić information content (AvgIpc) is 2.84. The van der Waals surface area contributed by atoms with Crippen LogP contribution in [0.5, 0.6) is 0 Å². The molecule has 2 heterocycles. The Hall–Kier alpha value is -0.750. The molecule has 1 atom stereocenters. The lowest BCUT2D eigenvalue weighted by atomic mass is 10.0. The average molecular weight is 326 g/mol. The van der Waals surface area contributed by atoms with Gasteiger partial charge in [0.05, 0.1) is 6.04 Å². The van der Waals surface area contributed by atoms with Gasteiger partial charge in [0.2, 0.25) is 0 Å². The number of pyridine rings is 1. The van der Waals surface area contributed by atoms with Crippen molar-refractivity contribution in [3.8, 4) is 0 Å². The van der Waals surface area contributed by atoms with E-state index in [2.05, 4.69) is 50.8 Å². The van der Waals surface area contributed by atoms with Crippen LogP contribution >= 0.6 is 27.3 Å². The van der Waals surface area contributed by atoms with E-state index in [1.165, 1.54) is 16.0 Å². The minimum Gasteiger partial charge on any atom is -0.271 e. The molecule has 0 aliphatic rings. The van der Waals surface area contributed by atoms with Gasteiger partial charge in [-0.3, -0.25) is 16.3 Å². The lowest BCUT2D eigenvalue weighted by molar-refractivity contribution is 0.556. The fourth-order valence-corrected chi connectivity index (χ4v) is 3.45. The van der Waals surface area contributed by atoms with E-state index in [-0.39, 0.29) is 6.04 Å². The zero-order chi connectivity index (χ0) is 13.0. The number of nitrogens with one attached hydrogen (secondary N) is 1. The Kier molecular flexibility index (Phi) is 4.88. The predicted molar refractivity (Wildman–Crippen MR) is 79.4 cm³/mol. The zero-order valence-corrected chi connectivity index (χ0v) is 12.6. The van der Waals surface area contributed by atoms with Gasteiger partial charge in [-0.15, -0.1) is 11.3 Å². The number of aryl methyl sites for hydroxylation is 1. The van der Waals surface area contributed by atoms with Crippen molar-refractivity contribution in [1.82, 2.24) is 10.4 Å². The molecule has 2 aromatic heterocycles. The third kappa shape index (κ3) is 3.17. The first-order valence-corrected chi connectivity index (χ1v) is 7.53. The third-order valence-corrected chi connectivity index (χ3v) is 4.39. The summed E-state index contributed by atoms with van der Waals surface area (Å²) in [4.78, 5) is 5.50. The number of rotatable bonds is 5. The largest absolute Gasteiger partial charge is 0.271 e. The topological polar surface area (TPSA) is 50.9 Å². The Morgan fingerprint density at radius 3 is 3.00 bits per heavy atom. The molecule has 0 radical (unpaired) electrons. The maximum absolute atomic E-state index is 5.70. The molecule has 0 amide bonds. The van der Waals surface area contributed by atoms with Crippen LogP contribution in [0.3, 0.4) is 0 Å². The standard InChI is InChI=1S/C13H16BrN3S/c1-2-10-3-4-18-13(10)12(17-15)6-9-5-11(14)8-16-7-9/h3-5,7-8,12,17H,2,6,15H2,1H3. The van der Waals surface area contributed by atoms with Gasteiger partial charge in [0.25, 0.3) is 0 Å². The maximum Gasteiger partial charge on any atom is 0.0596 e. The van der Waals surface area contributed by atoms with Crippen LogP contribution in [0.1, 0.15) is 29.0 Å². The Bertz CT molecular complexity index is 512. The molecule has 96 valence electrons. The van der Waals surface area contributed by atoms with Gasteiger partial charge in [0.1, 0.15) is 0 Å². The number of hydrazine groups is 1. The van der Waals surface area contributed by atoms with E-state index in [0.29, 0.717) is 0 Å². The van der Waals surface area contributed by atoms with Gasteiger partial charge in [-0.1, -0.05) is 6.92 Å². The van der Waals surface area contributed by atoms with E-state index in [1.54, 1.807) is 17.5 Å². The number of nitrogens with two attached hydrogens (primary N) is 1. The van der Waals surface area contributed by atoms with Crippen molar-refractivity contribution in [1.29, 1.82) is 0 Å². The fraction of sp³-hybridized carbons (Fsp3) is 0.308. The minimum absolute atomic E-state index is 0.149. The molecule has 2 rings (SSSR count). The number of halogens is 1. The Morgan fingerprint density at radius 1 is 1.50 bits per heavy atom. The number of hydrogen-bond donors (Lipinski definition) is 2. The van der Waals surface area contributed by atoms with E-state index >= 15 is 0 Å². The van der Waals surface area contributed by atoms with Crippen molar-refractivity contribution >= 4 is 27.3 Å². The zero-order valence-electron chi connectivity index (χ0n) is 10.2. The number of hydrogen-bond acceptors (Lipinski definition) is 4. The monoisotopic (exact) mass is 325 g/mol. The van der Waals surface area contributed by atoms with Crippen molar-refractivity contribution in [3.05, 3.63) is 50.4 Å². The van der Waals surface area contributed by atoms with Crippen LogP contribution < -0.4 is 11.3 Å². The van der Waals surface area contributed by atoms with Crippen LogP contribution in [0, 0.1) is 0 Å². The summed E-state index contributed by atoms with van der Waals surface area (Å²) < 4.78 is 0.998. The highest BCUT2D eigenvalue weighted by molar-refractivity contribution is 9.10. The molecule has 2 aromatic rings. The summed E-state index contributed by atoms with van der Waals surface area (Å²) in [6.45, 7) is 2.17. The number of nitrogens with zero attached hydrogens (tertiary/aromatic N) is 1. The van der Waals surface area contributed by atoms with Crippen LogP contribution in [0.15, 0.2) is 34.4 Å². The van der Waals surface area contributed by atoms with Crippen molar-refractivity contribution in [2.75, 3.05) is 0 Å². The molecular formula is C13H16BrN3S. The summed E-state index contributed by atoms with van der Waals surface area (Å²) in [7, 11) is 0. The first kappa shape index (κ1) is 13.7. The molecular weight excluding hydrogens is 310 g/mol. The van der Waals surface area contributed by atoms with Gasteiger partial charge < -0.3 is 0 Å². The molecule has 0 aliphatic carbocycles. The van der Waals surface area contributed by atoms with Crippen molar-refractivity contribution in [2.45, 2.75) is 25.8 Å². The van der Waals surface area contributed by atoms with Crippen LogP contribution in [0.25, 0.3) is 0 Å². The molecule has 3 nitrogen and oxygen atoms in total. The second-order valence-corrected chi connectivity index (χ2v) is 5.96. The summed E-state index contributed by atoms with van der Waals surface area (Å²) in [6.07, 6.45) is 5.55. The maximum atomic E-state index is 5.70. The smallest absolute Gasteiger partial charge is 0.0596 e. The molecule has 0 bridgehead atoms. The quantitative estimate of drug-likeness (QED) is 0.655. The highest BCUT2D eigenvalue weighted by atomic mass is 79.9. The Morgan fingerprint density at radius 2 is 2.33 bits per heavy atom. The van der Waals surface area contributed by atoms with Gasteiger partial charge >= 0.3 is 0 Å². The van der Waals surface area contributed by atoms with Crippen molar-refractivity contribution < 1.29 is 0 Å². The van der Waals surface area contributed by atoms with Crippen LogP contribution in [0.4, 0.5) is 0 Å². The first-order valence-electron chi connectivity index (χ1n) is 5.86. The highest BCUT2D eigenvalue weighted by Crippen LogP contribution is 2.27. The van der Waals surface area contributed by atoms with Gasteiger partial charge in [0, 0.05) is 21.7 Å². The second-order valence-electron chi connectivity index (χ2n) is 4.10. The number of aromatic nitrogens is 1. The summed E-state index contributed by atoms with van der Waals surface area (Å²) in [5, 5.41) is 2.12. The van der Waals surface area contributed by atoms with E-state index in [9.17, 15) is 0 Å². The Labute approximate surface area is 120 Å². The van der Waals surface area contributed by atoms with Gasteiger partial charge in [-0.2, -0.15) is 0 Å². The van der Waals surface area contributed by atoms with Crippen LogP contribution in [-0.4, -0.2) is 4.98 Å². The first-order chi connectivity index (χ1) is 8.74. The molecule has 0 aliphatic heterocycles. The predicted octanol–water partition coefficient (Wildman–Crippen LogP) is 3.22. The molecule has 0 spiro atoms. The van der Waals surface area contributed by atoms with E-state index in [4.69, 9.17) is 5.84 Å². The Balaban J connectivity index is 2.20. The normalized spacial score (nSPS) is 12.6. The summed E-state index contributed by atoms with van der Waals surface area (Å²) in [5.74, 6) is 5.70. The van der Waals surface area contributed by atoms with E-state index < -0.39 is 0 Å². The van der Waals surface area contributed by atoms with E-state index in [0.717, 1.165) is 17.3 Å².